The van der Waals surface area contributed by atoms with Gasteiger partial charge >= 0.3 is 6.18 Å². The van der Waals surface area contributed by atoms with Gasteiger partial charge in [-0.25, -0.2) is 0 Å². The SMILES string of the molecule is Cc1ccc(C2=NOC(c3cc(Cl)cc(Cl)c3)(C(F)(F)F)C2)cc1Br. The van der Waals surface area contributed by atoms with Crippen molar-refractivity contribution in [3.8, 4) is 0 Å². The molecule has 0 N–H and O–H groups in total. The zero-order valence-corrected chi connectivity index (χ0v) is 15.9. The van der Waals surface area contributed by atoms with Crippen molar-refractivity contribution >= 4 is 44.8 Å². The van der Waals surface area contributed by atoms with Gasteiger partial charge in [0.05, 0.1) is 5.71 Å². The molecule has 0 fully saturated rings. The van der Waals surface area contributed by atoms with E-state index in [4.69, 9.17) is 28.0 Å². The summed E-state index contributed by atoms with van der Waals surface area (Å²) in [5.74, 6) is 0. The average molecular weight is 453 g/mol. The summed E-state index contributed by atoms with van der Waals surface area (Å²) in [6, 6.07) is 8.99. The summed E-state index contributed by atoms with van der Waals surface area (Å²) in [6.07, 6.45) is -5.17. The van der Waals surface area contributed by atoms with Crippen LogP contribution in [0.2, 0.25) is 10.0 Å². The van der Waals surface area contributed by atoms with Gasteiger partial charge in [-0.3, -0.25) is 0 Å². The van der Waals surface area contributed by atoms with Crippen molar-refractivity contribution in [2.75, 3.05) is 0 Å². The zero-order valence-electron chi connectivity index (χ0n) is 12.8. The van der Waals surface area contributed by atoms with E-state index in [-0.39, 0.29) is 21.3 Å². The van der Waals surface area contributed by atoms with Crippen LogP contribution in [0, 0.1) is 6.92 Å². The topological polar surface area (TPSA) is 21.6 Å². The number of halogens is 6. The lowest BCUT2D eigenvalue weighted by molar-refractivity contribution is -0.275. The van der Waals surface area contributed by atoms with Gasteiger partial charge in [0.1, 0.15) is 0 Å². The number of aryl methyl sites for hydroxylation is 1. The van der Waals surface area contributed by atoms with Gasteiger partial charge in [-0.15, -0.1) is 0 Å². The molecule has 0 saturated carbocycles. The lowest BCUT2D eigenvalue weighted by Crippen LogP contribution is -2.42. The van der Waals surface area contributed by atoms with Crippen molar-refractivity contribution in [1.82, 2.24) is 0 Å². The van der Waals surface area contributed by atoms with Gasteiger partial charge in [-0.2, -0.15) is 13.2 Å². The Morgan fingerprint density at radius 1 is 1.12 bits per heavy atom. The van der Waals surface area contributed by atoms with Crippen LogP contribution in [-0.4, -0.2) is 11.9 Å². The van der Waals surface area contributed by atoms with Gasteiger partial charge < -0.3 is 4.84 Å². The smallest absolute Gasteiger partial charge is 0.374 e. The van der Waals surface area contributed by atoms with E-state index in [1.165, 1.54) is 18.2 Å². The Morgan fingerprint density at radius 2 is 1.76 bits per heavy atom. The van der Waals surface area contributed by atoms with Gasteiger partial charge in [0.2, 0.25) is 0 Å². The van der Waals surface area contributed by atoms with Crippen molar-refractivity contribution in [3.63, 3.8) is 0 Å². The summed E-state index contributed by atoms with van der Waals surface area (Å²) in [5.41, 5.74) is -1.07. The van der Waals surface area contributed by atoms with Crippen LogP contribution in [0.25, 0.3) is 0 Å². The van der Waals surface area contributed by atoms with Crippen LogP contribution in [-0.2, 0) is 10.4 Å². The van der Waals surface area contributed by atoms with E-state index in [0.29, 0.717) is 5.56 Å². The van der Waals surface area contributed by atoms with Crippen LogP contribution in [0.1, 0.15) is 23.1 Å². The van der Waals surface area contributed by atoms with E-state index in [1.54, 1.807) is 18.2 Å². The maximum Gasteiger partial charge on any atom is 0.435 e. The third-order valence-corrected chi connectivity index (χ3v) is 5.31. The molecule has 8 heteroatoms. The van der Waals surface area contributed by atoms with Gasteiger partial charge in [0.15, 0.2) is 0 Å². The van der Waals surface area contributed by atoms with Crippen LogP contribution < -0.4 is 0 Å². The summed E-state index contributed by atoms with van der Waals surface area (Å²) in [4.78, 5) is 4.97. The van der Waals surface area contributed by atoms with E-state index >= 15 is 0 Å². The molecule has 0 spiro atoms. The minimum Gasteiger partial charge on any atom is -0.374 e. The summed E-state index contributed by atoms with van der Waals surface area (Å²) in [5, 5.41) is 3.92. The van der Waals surface area contributed by atoms with Crippen LogP contribution in [0.15, 0.2) is 46.0 Å². The highest BCUT2D eigenvalue weighted by molar-refractivity contribution is 9.10. The molecule has 0 saturated heterocycles. The number of alkyl halides is 3. The monoisotopic (exact) mass is 451 g/mol. The maximum absolute atomic E-state index is 13.9. The molecule has 0 bridgehead atoms. The van der Waals surface area contributed by atoms with Crippen LogP contribution in [0.5, 0.6) is 0 Å². The molecule has 2 aromatic rings. The molecule has 25 heavy (non-hydrogen) atoms. The molecule has 2 nitrogen and oxygen atoms in total. The Balaban J connectivity index is 2.04. The molecule has 1 atom stereocenters. The highest BCUT2D eigenvalue weighted by Gasteiger charge is 2.62. The predicted octanol–water partition coefficient (Wildman–Crippen LogP) is 6.65. The fraction of sp³-hybridized carbons (Fsp3) is 0.235. The largest absolute Gasteiger partial charge is 0.435 e. The molecule has 0 aromatic heterocycles. The zero-order chi connectivity index (χ0) is 18.4. The number of oxime groups is 1. The summed E-state index contributed by atoms with van der Waals surface area (Å²) in [6.45, 7) is 1.88. The quantitative estimate of drug-likeness (QED) is 0.500. The third-order valence-electron chi connectivity index (χ3n) is 4.02. The highest BCUT2D eigenvalue weighted by Crippen LogP contribution is 2.49. The van der Waals surface area contributed by atoms with Gasteiger partial charge in [0, 0.05) is 32.1 Å². The lowest BCUT2D eigenvalue weighted by Gasteiger charge is -2.29. The second kappa shape index (κ2) is 6.49. The van der Waals surface area contributed by atoms with Crippen molar-refractivity contribution in [2.24, 2.45) is 5.16 Å². The predicted molar refractivity (Wildman–Crippen MR) is 95.3 cm³/mol. The molecule has 1 aliphatic rings. The summed E-state index contributed by atoms with van der Waals surface area (Å²) in [7, 11) is 0. The first kappa shape index (κ1) is 18.5. The van der Waals surface area contributed by atoms with E-state index in [0.717, 1.165) is 10.0 Å². The molecule has 0 aliphatic carbocycles. The molecule has 3 rings (SSSR count). The van der Waals surface area contributed by atoms with E-state index < -0.39 is 18.2 Å². The molecule has 1 aliphatic heterocycles. The van der Waals surface area contributed by atoms with Gasteiger partial charge in [-0.1, -0.05) is 56.4 Å². The van der Waals surface area contributed by atoms with Gasteiger partial charge in [-0.05, 0) is 36.8 Å². The van der Waals surface area contributed by atoms with E-state index in [9.17, 15) is 13.2 Å². The first-order chi connectivity index (χ1) is 11.6. The Hall–Kier alpha value is -1.24. The molecule has 2 aromatic carbocycles. The lowest BCUT2D eigenvalue weighted by atomic mass is 9.86. The normalized spacial score (nSPS) is 20.4. The van der Waals surface area contributed by atoms with Gasteiger partial charge in [0.25, 0.3) is 5.60 Å². The molecule has 0 radical (unpaired) electrons. The Kier molecular flexibility index (Phi) is 4.81. The number of rotatable bonds is 2. The standard InChI is InChI=1S/C17H11BrCl2F3NO/c1-9-2-3-10(4-14(9)18)15-8-16(25-24-15,17(21,22)23)11-5-12(19)7-13(20)6-11/h2-7H,8H2,1H3. The second-order valence-corrected chi connectivity index (χ2v) is 7.48. The Morgan fingerprint density at radius 3 is 2.32 bits per heavy atom. The fourth-order valence-electron chi connectivity index (χ4n) is 2.62. The van der Waals surface area contributed by atoms with Crippen molar-refractivity contribution in [2.45, 2.75) is 25.1 Å². The van der Waals surface area contributed by atoms with Crippen LogP contribution in [0.3, 0.4) is 0 Å². The third kappa shape index (κ3) is 3.39. The number of benzene rings is 2. The van der Waals surface area contributed by atoms with Crippen molar-refractivity contribution in [1.29, 1.82) is 0 Å². The Bertz CT molecular complexity index is 849. The molecule has 1 unspecified atom stereocenters. The summed E-state index contributed by atoms with van der Waals surface area (Å²) < 4.78 is 42.5. The molecule has 1 heterocycles. The van der Waals surface area contributed by atoms with E-state index in [1.807, 2.05) is 6.92 Å². The van der Waals surface area contributed by atoms with Crippen molar-refractivity contribution < 1.29 is 18.0 Å². The molecular weight excluding hydrogens is 442 g/mol. The number of nitrogens with zero attached hydrogens (tertiary/aromatic N) is 1. The van der Waals surface area contributed by atoms with Crippen LogP contribution in [0.4, 0.5) is 13.2 Å². The fourth-order valence-corrected chi connectivity index (χ4v) is 3.52. The van der Waals surface area contributed by atoms with E-state index in [2.05, 4.69) is 21.1 Å². The highest BCUT2D eigenvalue weighted by atomic mass is 79.9. The minimum atomic E-state index is -4.70. The molecular formula is C17H11BrCl2F3NO. The minimum absolute atomic E-state index is 0.0984. The maximum atomic E-state index is 13.9. The number of hydrogen-bond donors (Lipinski definition) is 0. The second-order valence-electron chi connectivity index (χ2n) is 5.75. The van der Waals surface area contributed by atoms with Crippen molar-refractivity contribution in [3.05, 3.63) is 67.6 Å². The molecule has 0 amide bonds. The Labute approximate surface area is 160 Å². The van der Waals surface area contributed by atoms with Crippen LogP contribution >= 0.6 is 39.1 Å². The first-order valence-electron chi connectivity index (χ1n) is 7.17. The first-order valence-corrected chi connectivity index (χ1v) is 8.72. The average Bonchev–Trinajstić information content (AvgIpc) is 2.95. The molecule has 132 valence electrons. The summed E-state index contributed by atoms with van der Waals surface area (Å²) >= 11 is 15.1. The number of hydrogen-bond acceptors (Lipinski definition) is 2.